The molecule has 3 aliphatic carbocycles. The number of rotatable bonds is 3. The van der Waals surface area contributed by atoms with Gasteiger partial charge in [0.2, 0.25) is 0 Å². The van der Waals surface area contributed by atoms with Gasteiger partial charge in [0.05, 0.1) is 24.9 Å². The van der Waals surface area contributed by atoms with E-state index in [0.29, 0.717) is 31.4 Å². The van der Waals surface area contributed by atoms with E-state index in [-0.39, 0.29) is 17.8 Å². The van der Waals surface area contributed by atoms with Gasteiger partial charge < -0.3 is 23.7 Å². The standard InChI is InChI=1S/C25H34O8/c1-13(26)32-19-12-23(3,4)25(29)9-7-15-17(24(25,5)21(19)33-14(2)27)11-18-16(8-10-31-18)20(15)22(28)30-6/h8,10,15,17,19-21,29H,7,9,11-12H2,1-6H3/t15-,17+,19+,20+,21+,24+,25-/m1/s1. The molecular weight excluding hydrogens is 428 g/mol. The molecule has 0 spiro atoms. The molecule has 1 heterocycles. The van der Waals surface area contributed by atoms with Gasteiger partial charge in [-0.3, -0.25) is 14.4 Å². The van der Waals surface area contributed by atoms with Crippen LogP contribution >= 0.6 is 0 Å². The average molecular weight is 463 g/mol. The van der Waals surface area contributed by atoms with Gasteiger partial charge in [0.1, 0.15) is 18.0 Å². The minimum Gasteiger partial charge on any atom is -0.469 e. The van der Waals surface area contributed by atoms with Crippen LogP contribution in [0.2, 0.25) is 0 Å². The molecule has 8 nitrogen and oxygen atoms in total. The summed E-state index contributed by atoms with van der Waals surface area (Å²) in [6, 6.07) is 1.81. The van der Waals surface area contributed by atoms with Gasteiger partial charge in [-0.1, -0.05) is 20.8 Å². The quantitative estimate of drug-likeness (QED) is 0.539. The molecule has 33 heavy (non-hydrogen) atoms. The monoisotopic (exact) mass is 462 g/mol. The Morgan fingerprint density at radius 3 is 2.39 bits per heavy atom. The normalized spacial score (nSPS) is 38.8. The molecule has 8 heteroatoms. The summed E-state index contributed by atoms with van der Waals surface area (Å²) in [4.78, 5) is 37.2. The maximum atomic E-state index is 12.9. The van der Waals surface area contributed by atoms with E-state index in [1.54, 1.807) is 6.26 Å². The Balaban J connectivity index is 1.90. The van der Waals surface area contributed by atoms with E-state index >= 15 is 0 Å². The largest absolute Gasteiger partial charge is 0.469 e. The molecule has 2 fully saturated rings. The highest BCUT2D eigenvalue weighted by atomic mass is 16.6. The summed E-state index contributed by atoms with van der Waals surface area (Å²) in [5, 5.41) is 12.4. The van der Waals surface area contributed by atoms with Crippen LogP contribution in [0.25, 0.3) is 0 Å². The van der Waals surface area contributed by atoms with Crippen LogP contribution in [0.3, 0.4) is 0 Å². The molecule has 3 aliphatic rings. The second-order valence-electron chi connectivity index (χ2n) is 10.7. The van der Waals surface area contributed by atoms with Gasteiger partial charge in [0, 0.05) is 31.2 Å². The molecule has 182 valence electrons. The smallest absolute Gasteiger partial charge is 0.313 e. The van der Waals surface area contributed by atoms with Gasteiger partial charge in [0.25, 0.3) is 0 Å². The Labute approximate surface area is 193 Å². The second kappa shape index (κ2) is 7.86. The predicted molar refractivity (Wildman–Crippen MR) is 116 cm³/mol. The zero-order chi connectivity index (χ0) is 24.3. The number of fused-ring (bicyclic) bond motifs is 4. The molecule has 0 radical (unpaired) electrons. The molecular formula is C25H34O8. The number of carbonyl (C=O) groups is 3. The Hall–Kier alpha value is -2.35. The van der Waals surface area contributed by atoms with Crippen molar-refractivity contribution < 1.29 is 38.1 Å². The third-order valence-electron chi connectivity index (χ3n) is 8.79. The highest BCUT2D eigenvalue weighted by Gasteiger charge is 2.73. The van der Waals surface area contributed by atoms with Crippen LogP contribution in [-0.2, 0) is 35.0 Å². The lowest BCUT2D eigenvalue weighted by molar-refractivity contribution is -0.303. The summed E-state index contributed by atoms with van der Waals surface area (Å²) in [6.45, 7) is 8.48. The Morgan fingerprint density at radius 2 is 1.79 bits per heavy atom. The summed E-state index contributed by atoms with van der Waals surface area (Å²) in [6.07, 6.45) is 1.82. The third kappa shape index (κ3) is 3.32. The second-order valence-corrected chi connectivity index (χ2v) is 10.7. The molecule has 0 aliphatic heterocycles. The average Bonchev–Trinajstić information content (AvgIpc) is 3.19. The van der Waals surface area contributed by atoms with Crippen molar-refractivity contribution in [3.05, 3.63) is 23.7 Å². The van der Waals surface area contributed by atoms with Crippen LogP contribution in [0.15, 0.2) is 16.7 Å². The molecule has 7 atom stereocenters. The lowest BCUT2D eigenvalue weighted by Gasteiger charge is -2.68. The highest BCUT2D eigenvalue weighted by molar-refractivity contribution is 5.79. The van der Waals surface area contributed by atoms with Gasteiger partial charge in [0.15, 0.2) is 0 Å². The topological polar surface area (TPSA) is 112 Å². The lowest BCUT2D eigenvalue weighted by atomic mass is 9.40. The van der Waals surface area contributed by atoms with Gasteiger partial charge in [-0.2, -0.15) is 0 Å². The number of methoxy groups -OCH3 is 1. The number of hydrogen-bond acceptors (Lipinski definition) is 8. The number of esters is 3. The van der Waals surface area contributed by atoms with E-state index < -0.39 is 46.5 Å². The SMILES string of the molecule is COC(=O)[C@@H]1c2ccoc2C[C@H]2[C@H]1CC[C@@]1(O)C(C)(C)C[C@H](OC(C)=O)[C@H](OC(C)=O)[C@]21C. The van der Waals surface area contributed by atoms with E-state index in [4.69, 9.17) is 18.6 Å². The first-order chi connectivity index (χ1) is 15.4. The molecule has 2 saturated carbocycles. The first-order valence-corrected chi connectivity index (χ1v) is 11.6. The van der Waals surface area contributed by atoms with Crippen LogP contribution in [0, 0.1) is 22.7 Å². The van der Waals surface area contributed by atoms with Crippen molar-refractivity contribution in [1.29, 1.82) is 0 Å². The first-order valence-electron chi connectivity index (χ1n) is 11.6. The Kier molecular flexibility index (Phi) is 5.67. The fourth-order valence-electron chi connectivity index (χ4n) is 7.39. The van der Waals surface area contributed by atoms with E-state index in [0.717, 1.165) is 5.56 Å². The summed E-state index contributed by atoms with van der Waals surface area (Å²) >= 11 is 0. The van der Waals surface area contributed by atoms with Crippen molar-refractivity contribution in [2.24, 2.45) is 22.7 Å². The van der Waals surface area contributed by atoms with Crippen molar-refractivity contribution in [3.8, 4) is 0 Å². The number of furan rings is 1. The van der Waals surface area contributed by atoms with E-state index in [1.165, 1.54) is 21.0 Å². The predicted octanol–water partition coefficient (Wildman–Crippen LogP) is 3.15. The maximum Gasteiger partial charge on any atom is 0.313 e. The van der Waals surface area contributed by atoms with Crippen LogP contribution < -0.4 is 0 Å². The summed E-state index contributed by atoms with van der Waals surface area (Å²) in [5.41, 5.74) is -2.08. The fourth-order valence-corrected chi connectivity index (χ4v) is 7.39. The molecule has 1 aromatic rings. The van der Waals surface area contributed by atoms with Gasteiger partial charge in [-0.05, 0) is 42.6 Å². The first kappa shape index (κ1) is 23.8. The summed E-state index contributed by atoms with van der Waals surface area (Å²) in [5.74, 6) is -1.64. The van der Waals surface area contributed by atoms with E-state index in [2.05, 4.69) is 0 Å². The zero-order valence-corrected chi connectivity index (χ0v) is 20.2. The molecule has 0 aromatic carbocycles. The molecule has 0 amide bonds. The van der Waals surface area contributed by atoms with Crippen LogP contribution in [0.4, 0.5) is 0 Å². The summed E-state index contributed by atoms with van der Waals surface area (Å²) < 4.78 is 22.5. The van der Waals surface area contributed by atoms with Crippen molar-refractivity contribution in [2.45, 2.75) is 84.0 Å². The molecule has 1 N–H and O–H groups in total. The lowest BCUT2D eigenvalue weighted by Crippen LogP contribution is -2.75. The number of aliphatic hydroxyl groups is 1. The summed E-state index contributed by atoms with van der Waals surface area (Å²) in [7, 11) is 1.37. The van der Waals surface area contributed by atoms with Crippen LogP contribution in [-0.4, -0.2) is 47.9 Å². The van der Waals surface area contributed by atoms with E-state index in [9.17, 15) is 19.5 Å². The minimum absolute atomic E-state index is 0.155. The number of carbonyl (C=O) groups excluding carboxylic acids is 3. The molecule has 0 unspecified atom stereocenters. The number of ether oxygens (including phenoxy) is 3. The van der Waals surface area contributed by atoms with Gasteiger partial charge in [-0.25, -0.2) is 0 Å². The van der Waals surface area contributed by atoms with Crippen molar-refractivity contribution in [1.82, 2.24) is 0 Å². The maximum absolute atomic E-state index is 12.9. The molecule has 1 aromatic heterocycles. The van der Waals surface area contributed by atoms with Gasteiger partial charge in [-0.15, -0.1) is 0 Å². The highest BCUT2D eigenvalue weighted by Crippen LogP contribution is 2.67. The minimum atomic E-state index is -1.23. The molecule has 0 bridgehead atoms. The fraction of sp³-hybridized carbons (Fsp3) is 0.720. The van der Waals surface area contributed by atoms with Crippen LogP contribution in [0.5, 0.6) is 0 Å². The molecule has 0 saturated heterocycles. The number of hydrogen-bond donors (Lipinski definition) is 1. The van der Waals surface area contributed by atoms with Gasteiger partial charge >= 0.3 is 17.9 Å². The third-order valence-corrected chi connectivity index (χ3v) is 8.79. The van der Waals surface area contributed by atoms with Crippen molar-refractivity contribution in [2.75, 3.05) is 7.11 Å². The Bertz CT molecular complexity index is 963. The zero-order valence-electron chi connectivity index (χ0n) is 20.2. The Morgan fingerprint density at radius 1 is 1.12 bits per heavy atom. The molecule has 4 rings (SSSR count). The van der Waals surface area contributed by atoms with Crippen molar-refractivity contribution in [3.63, 3.8) is 0 Å². The van der Waals surface area contributed by atoms with Crippen LogP contribution in [0.1, 0.15) is 71.1 Å². The van der Waals surface area contributed by atoms with E-state index in [1.807, 2.05) is 26.8 Å². The van der Waals surface area contributed by atoms with Crippen molar-refractivity contribution >= 4 is 17.9 Å².